The van der Waals surface area contributed by atoms with Crippen LogP contribution in [0.5, 0.6) is 0 Å². The van der Waals surface area contributed by atoms with Gasteiger partial charge in [0.15, 0.2) is 0 Å². The van der Waals surface area contributed by atoms with Crippen molar-refractivity contribution in [3.63, 3.8) is 0 Å². The van der Waals surface area contributed by atoms with Crippen LogP contribution in [-0.2, 0) is 4.79 Å². The fraction of sp³-hybridized carbons (Fsp3) is 0.471. The number of urea groups is 1. The van der Waals surface area contributed by atoms with Gasteiger partial charge in [-0.15, -0.1) is 0 Å². The lowest BCUT2D eigenvalue weighted by Crippen LogP contribution is -2.48. The topological polar surface area (TPSA) is 77.9 Å². The van der Waals surface area contributed by atoms with Crippen molar-refractivity contribution in [2.75, 3.05) is 19.6 Å². The zero-order chi connectivity index (χ0) is 16.7. The first-order valence-electron chi connectivity index (χ1n) is 7.97. The Labute approximate surface area is 135 Å². The molecular weight excluding hydrogens is 296 g/mol. The van der Waals surface area contributed by atoms with Crippen LogP contribution in [0, 0.1) is 0 Å². The molecule has 0 aromatic heterocycles. The number of carbonyl (C=O) groups excluding carboxylic acids is 2. The number of likely N-dealkylation sites (tertiary alicyclic amines) is 1. The Balaban J connectivity index is 2.11. The summed E-state index contributed by atoms with van der Waals surface area (Å²) in [6.45, 7) is 1.42. The van der Waals surface area contributed by atoms with E-state index >= 15 is 0 Å². The SMILES string of the molecule is O=C(O)CCCN(C(=O)c1ccccc1)C(=O)N1CCCCC1. The standard InChI is InChI=1S/C17H22N2O4/c20-15(21)10-7-13-19(16(22)14-8-3-1-4-9-14)17(23)18-11-5-2-6-12-18/h1,3-4,8-9H,2,5-7,10-13H2,(H,20,21). The molecule has 3 amide bonds. The van der Waals surface area contributed by atoms with Crippen LogP contribution in [0.1, 0.15) is 42.5 Å². The number of piperidine rings is 1. The number of benzene rings is 1. The van der Waals surface area contributed by atoms with E-state index in [1.54, 1.807) is 35.2 Å². The number of hydrogen-bond acceptors (Lipinski definition) is 3. The highest BCUT2D eigenvalue weighted by atomic mass is 16.4. The van der Waals surface area contributed by atoms with Gasteiger partial charge < -0.3 is 10.0 Å². The maximum Gasteiger partial charge on any atom is 0.326 e. The maximum absolute atomic E-state index is 12.7. The minimum Gasteiger partial charge on any atom is -0.481 e. The number of hydrogen-bond donors (Lipinski definition) is 1. The number of rotatable bonds is 5. The molecule has 0 bridgehead atoms. The second-order valence-corrected chi connectivity index (χ2v) is 5.65. The first-order chi connectivity index (χ1) is 11.1. The van der Waals surface area contributed by atoms with Crippen LogP contribution in [0.2, 0.25) is 0 Å². The van der Waals surface area contributed by atoms with E-state index in [-0.39, 0.29) is 31.3 Å². The van der Waals surface area contributed by atoms with Gasteiger partial charge >= 0.3 is 12.0 Å². The average Bonchev–Trinajstić information content (AvgIpc) is 2.59. The lowest BCUT2D eigenvalue weighted by atomic mass is 10.1. The molecule has 0 radical (unpaired) electrons. The van der Waals surface area contributed by atoms with E-state index < -0.39 is 5.97 Å². The molecule has 1 aromatic carbocycles. The Morgan fingerprint density at radius 2 is 1.70 bits per heavy atom. The van der Waals surface area contributed by atoms with E-state index in [4.69, 9.17) is 5.11 Å². The average molecular weight is 318 g/mol. The monoisotopic (exact) mass is 318 g/mol. The Morgan fingerprint density at radius 3 is 2.30 bits per heavy atom. The summed E-state index contributed by atoms with van der Waals surface area (Å²) in [4.78, 5) is 38.9. The van der Waals surface area contributed by atoms with E-state index in [9.17, 15) is 14.4 Å². The summed E-state index contributed by atoms with van der Waals surface area (Å²) in [7, 11) is 0. The van der Waals surface area contributed by atoms with Gasteiger partial charge in [0.05, 0.1) is 0 Å². The predicted octanol–water partition coefficient (Wildman–Crippen LogP) is 2.60. The summed E-state index contributed by atoms with van der Waals surface area (Å²) in [5, 5.41) is 8.77. The van der Waals surface area contributed by atoms with E-state index in [2.05, 4.69) is 0 Å². The van der Waals surface area contributed by atoms with Gasteiger partial charge in [0, 0.05) is 31.6 Å². The molecule has 23 heavy (non-hydrogen) atoms. The highest BCUT2D eigenvalue weighted by Gasteiger charge is 2.28. The molecule has 0 saturated carbocycles. The zero-order valence-corrected chi connectivity index (χ0v) is 13.1. The molecule has 6 nitrogen and oxygen atoms in total. The Bertz CT molecular complexity index is 553. The van der Waals surface area contributed by atoms with Crippen molar-refractivity contribution in [3.8, 4) is 0 Å². The van der Waals surface area contributed by atoms with Crippen LogP contribution in [0.3, 0.4) is 0 Å². The number of carboxylic acids is 1. The van der Waals surface area contributed by atoms with Crippen LogP contribution in [0.15, 0.2) is 30.3 Å². The lowest BCUT2D eigenvalue weighted by Gasteiger charge is -2.32. The number of imide groups is 1. The molecule has 0 aliphatic carbocycles. The third-order valence-corrected chi connectivity index (χ3v) is 3.90. The van der Waals surface area contributed by atoms with E-state index in [0.717, 1.165) is 19.3 Å². The maximum atomic E-state index is 12.7. The van der Waals surface area contributed by atoms with Crippen molar-refractivity contribution in [1.29, 1.82) is 0 Å². The summed E-state index contributed by atoms with van der Waals surface area (Å²) in [6.07, 6.45) is 3.16. The molecule has 2 rings (SSSR count). The van der Waals surface area contributed by atoms with Gasteiger partial charge in [-0.1, -0.05) is 18.2 Å². The fourth-order valence-corrected chi connectivity index (χ4v) is 2.66. The minimum absolute atomic E-state index is 0.0636. The van der Waals surface area contributed by atoms with Crippen molar-refractivity contribution >= 4 is 17.9 Å². The molecule has 0 atom stereocenters. The van der Waals surface area contributed by atoms with Crippen LogP contribution in [0.25, 0.3) is 0 Å². The van der Waals surface area contributed by atoms with Gasteiger partial charge in [-0.2, -0.15) is 0 Å². The normalized spacial score (nSPS) is 14.3. The molecule has 1 fully saturated rings. The summed E-state index contributed by atoms with van der Waals surface area (Å²) >= 11 is 0. The van der Waals surface area contributed by atoms with Crippen molar-refractivity contribution in [2.24, 2.45) is 0 Å². The first-order valence-corrected chi connectivity index (χ1v) is 7.97. The predicted molar refractivity (Wildman–Crippen MR) is 85.2 cm³/mol. The molecular formula is C17H22N2O4. The van der Waals surface area contributed by atoms with Gasteiger partial charge in [0.25, 0.3) is 5.91 Å². The summed E-state index contributed by atoms with van der Waals surface area (Å²) < 4.78 is 0. The van der Waals surface area contributed by atoms with Crippen LogP contribution in [-0.4, -0.2) is 52.4 Å². The number of nitrogens with zero attached hydrogens (tertiary/aromatic N) is 2. The number of carboxylic acid groups (broad SMARTS) is 1. The van der Waals surface area contributed by atoms with E-state index in [1.807, 2.05) is 0 Å². The second kappa shape index (κ2) is 8.31. The van der Waals surface area contributed by atoms with Crippen LogP contribution in [0.4, 0.5) is 4.79 Å². The van der Waals surface area contributed by atoms with E-state index in [0.29, 0.717) is 18.7 Å². The molecule has 6 heteroatoms. The molecule has 1 heterocycles. The smallest absolute Gasteiger partial charge is 0.326 e. The summed E-state index contributed by atoms with van der Waals surface area (Å²) in [6, 6.07) is 8.30. The molecule has 124 valence electrons. The molecule has 1 aliphatic heterocycles. The summed E-state index contributed by atoms with van der Waals surface area (Å²) in [5.74, 6) is -1.30. The number of amides is 3. The molecule has 0 unspecified atom stereocenters. The molecule has 1 N–H and O–H groups in total. The van der Waals surface area contributed by atoms with Gasteiger partial charge in [0.1, 0.15) is 0 Å². The Morgan fingerprint density at radius 1 is 1.04 bits per heavy atom. The second-order valence-electron chi connectivity index (χ2n) is 5.65. The third-order valence-electron chi connectivity index (χ3n) is 3.90. The number of aliphatic carboxylic acids is 1. The van der Waals surface area contributed by atoms with Crippen LogP contribution >= 0.6 is 0 Å². The van der Waals surface area contributed by atoms with Crippen molar-refractivity contribution in [3.05, 3.63) is 35.9 Å². The fourth-order valence-electron chi connectivity index (χ4n) is 2.66. The van der Waals surface area contributed by atoms with Gasteiger partial charge in [-0.05, 0) is 37.8 Å². The zero-order valence-electron chi connectivity index (χ0n) is 13.1. The van der Waals surface area contributed by atoms with Crippen molar-refractivity contribution in [2.45, 2.75) is 32.1 Å². The first kappa shape index (κ1) is 17.0. The summed E-state index contributed by atoms with van der Waals surface area (Å²) in [5.41, 5.74) is 0.438. The van der Waals surface area contributed by atoms with Crippen molar-refractivity contribution in [1.82, 2.24) is 9.80 Å². The molecule has 1 aromatic rings. The molecule has 0 spiro atoms. The van der Waals surface area contributed by atoms with Crippen LogP contribution < -0.4 is 0 Å². The van der Waals surface area contributed by atoms with Gasteiger partial charge in [-0.3, -0.25) is 14.5 Å². The van der Waals surface area contributed by atoms with Gasteiger partial charge in [-0.25, -0.2) is 4.79 Å². The van der Waals surface area contributed by atoms with Gasteiger partial charge in [0.2, 0.25) is 0 Å². The largest absolute Gasteiger partial charge is 0.481 e. The highest BCUT2D eigenvalue weighted by Crippen LogP contribution is 2.14. The van der Waals surface area contributed by atoms with E-state index in [1.165, 1.54) is 4.90 Å². The molecule has 1 saturated heterocycles. The quantitative estimate of drug-likeness (QED) is 0.905. The highest BCUT2D eigenvalue weighted by molar-refractivity contribution is 6.04. The third kappa shape index (κ3) is 4.81. The molecule has 1 aliphatic rings. The number of carbonyl (C=O) groups is 3. The Hall–Kier alpha value is -2.37. The lowest BCUT2D eigenvalue weighted by molar-refractivity contribution is -0.137. The Kier molecular flexibility index (Phi) is 6.14. The minimum atomic E-state index is -0.928. The van der Waals surface area contributed by atoms with Crippen molar-refractivity contribution < 1.29 is 19.5 Å².